The van der Waals surface area contributed by atoms with E-state index in [1.807, 2.05) is 11.8 Å². The first-order valence-corrected chi connectivity index (χ1v) is 8.65. The molecule has 0 N–H and O–H groups in total. The molecule has 0 radical (unpaired) electrons. The highest BCUT2D eigenvalue weighted by molar-refractivity contribution is 8.08. The minimum absolute atomic E-state index is 0.202. The van der Waals surface area contributed by atoms with Crippen LogP contribution < -0.4 is 0 Å². The van der Waals surface area contributed by atoms with Crippen molar-refractivity contribution in [1.82, 2.24) is 0 Å². The van der Waals surface area contributed by atoms with E-state index in [1.54, 1.807) is 6.92 Å². The topological polar surface area (TPSA) is 26.3 Å². The molecule has 1 saturated heterocycles. The minimum Gasteiger partial charge on any atom is -0.443 e. The monoisotopic (exact) mass is 284 g/mol. The zero-order chi connectivity index (χ0) is 12.8. The van der Waals surface area contributed by atoms with Gasteiger partial charge in [-0.2, -0.15) is 0 Å². The molecule has 2 nitrogen and oxygen atoms in total. The van der Waals surface area contributed by atoms with Gasteiger partial charge in [0.15, 0.2) is 4.93 Å². The number of rotatable bonds is 2. The van der Waals surface area contributed by atoms with Crippen LogP contribution in [0.2, 0.25) is 0 Å². The number of hydrogen-bond donors (Lipinski definition) is 0. The largest absolute Gasteiger partial charge is 0.443 e. The lowest BCUT2D eigenvalue weighted by Crippen LogP contribution is -2.45. The fraction of sp³-hybridized carbons (Fsp3) is 0.786. The molecular weight excluding hydrogens is 264 g/mol. The van der Waals surface area contributed by atoms with Crippen LogP contribution in [-0.2, 0) is 9.53 Å². The van der Waals surface area contributed by atoms with Gasteiger partial charge in [0.2, 0.25) is 0 Å². The van der Waals surface area contributed by atoms with Gasteiger partial charge < -0.3 is 4.74 Å². The van der Waals surface area contributed by atoms with Gasteiger partial charge >= 0.3 is 5.97 Å². The van der Waals surface area contributed by atoms with Crippen LogP contribution in [0, 0.1) is 0 Å². The fourth-order valence-corrected chi connectivity index (χ4v) is 7.40. The molecule has 3 fully saturated rings. The van der Waals surface area contributed by atoms with E-state index in [2.05, 4.69) is 18.3 Å². The van der Waals surface area contributed by atoms with Crippen molar-refractivity contribution in [3.05, 3.63) is 12.2 Å². The molecule has 2 aliphatic carbocycles. The van der Waals surface area contributed by atoms with E-state index < -0.39 is 0 Å². The zero-order valence-corrected chi connectivity index (χ0v) is 12.4. The maximum absolute atomic E-state index is 11.9. The molecule has 0 aromatic heterocycles. The summed E-state index contributed by atoms with van der Waals surface area (Å²) in [5.74, 6) is -0.202. The first-order chi connectivity index (χ1) is 8.61. The average molecular weight is 284 g/mol. The molecule has 0 aromatic rings. The lowest BCUT2D eigenvalue weighted by molar-refractivity contribution is -0.146. The Bertz CT molecular complexity index is 382. The summed E-state index contributed by atoms with van der Waals surface area (Å²) in [7, 11) is 0. The zero-order valence-electron chi connectivity index (χ0n) is 10.8. The van der Waals surface area contributed by atoms with Crippen molar-refractivity contribution < 1.29 is 9.53 Å². The average Bonchev–Trinajstić information content (AvgIpc) is 2.90. The number of esters is 1. The third-order valence-corrected chi connectivity index (χ3v) is 8.20. The van der Waals surface area contributed by atoms with Crippen molar-refractivity contribution in [3.63, 3.8) is 0 Å². The molecule has 3 rings (SSSR count). The van der Waals surface area contributed by atoms with Gasteiger partial charge in [0, 0.05) is 16.1 Å². The Morgan fingerprint density at radius 3 is 2.83 bits per heavy atom. The smallest absolute Gasteiger partial charge is 0.334 e. The lowest BCUT2D eigenvalue weighted by atomic mass is 10.2. The van der Waals surface area contributed by atoms with Crippen molar-refractivity contribution in [2.45, 2.75) is 66.1 Å². The van der Waals surface area contributed by atoms with Crippen molar-refractivity contribution in [2.24, 2.45) is 0 Å². The van der Waals surface area contributed by atoms with Crippen LogP contribution in [0.4, 0.5) is 0 Å². The number of carbonyl (C=O) groups excluding carboxylic acids is 1. The summed E-state index contributed by atoms with van der Waals surface area (Å²) >= 11 is 4.06. The van der Waals surface area contributed by atoms with Crippen molar-refractivity contribution in [1.29, 1.82) is 0 Å². The first-order valence-electron chi connectivity index (χ1n) is 6.83. The maximum atomic E-state index is 11.9. The van der Waals surface area contributed by atoms with Gasteiger partial charge in [0.25, 0.3) is 0 Å². The predicted molar refractivity (Wildman–Crippen MR) is 77.9 cm³/mol. The molecule has 0 aromatic carbocycles. The molecule has 4 atom stereocenters. The van der Waals surface area contributed by atoms with E-state index in [0.717, 1.165) is 11.7 Å². The summed E-state index contributed by atoms with van der Waals surface area (Å²) in [6, 6.07) is 0. The number of fused-ring (bicyclic) bond motifs is 2. The third-order valence-electron chi connectivity index (χ3n) is 4.18. The number of carbonyl (C=O) groups is 1. The SMILES string of the molecule is C=C(C)C(=O)OC12CCCC1SC1CCCC1S2. The van der Waals surface area contributed by atoms with Crippen molar-refractivity contribution >= 4 is 29.5 Å². The third kappa shape index (κ3) is 2.11. The van der Waals surface area contributed by atoms with E-state index in [-0.39, 0.29) is 10.9 Å². The van der Waals surface area contributed by atoms with Gasteiger partial charge in [0.05, 0.1) is 5.25 Å². The van der Waals surface area contributed by atoms with E-state index in [9.17, 15) is 4.79 Å². The van der Waals surface area contributed by atoms with Gasteiger partial charge in [-0.1, -0.05) is 13.0 Å². The van der Waals surface area contributed by atoms with Crippen LogP contribution in [0.25, 0.3) is 0 Å². The van der Waals surface area contributed by atoms with Crippen LogP contribution in [0.15, 0.2) is 12.2 Å². The summed E-state index contributed by atoms with van der Waals surface area (Å²) in [4.78, 5) is 11.7. The number of thioether (sulfide) groups is 2. The Balaban J connectivity index is 1.79. The van der Waals surface area contributed by atoms with Gasteiger partial charge in [-0.3, -0.25) is 0 Å². The van der Waals surface area contributed by atoms with E-state index in [1.165, 1.54) is 32.1 Å². The normalized spacial score (nSPS) is 42.2. The summed E-state index contributed by atoms with van der Waals surface area (Å²) in [6.07, 6.45) is 7.40. The van der Waals surface area contributed by atoms with Gasteiger partial charge in [0.1, 0.15) is 0 Å². The molecule has 0 amide bonds. The first kappa shape index (κ1) is 12.9. The van der Waals surface area contributed by atoms with E-state index >= 15 is 0 Å². The van der Waals surface area contributed by atoms with Crippen LogP contribution in [0.3, 0.4) is 0 Å². The van der Waals surface area contributed by atoms with Crippen molar-refractivity contribution in [3.8, 4) is 0 Å². The maximum Gasteiger partial charge on any atom is 0.334 e. The summed E-state index contributed by atoms with van der Waals surface area (Å²) < 4.78 is 5.88. The van der Waals surface area contributed by atoms with Gasteiger partial charge in [-0.15, -0.1) is 23.5 Å². The number of ether oxygens (including phenoxy) is 1. The minimum atomic E-state index is -0.244. The predicted octanol–water partition coefficient (Wildman–Crippen LogP) is 3.76. The van der Waals surface area contributed by atoms with Crippen LogP contribution in [0.1, 0.15) is 45.4 Å². The van der Waals surface area contributed by atoms with Crippen LogP contribution in [-0.4, -0.2) is 26.7 Å². The Morgan fingerprint density at radius 1 is 1.28 bits per heavy atom. The highest BCUT2D eigenvalue weighted by Crippen LogP contribution is 2.59. The van der Waals surface area contributed by atoms with E-state index in [4.69, 9.17) is 4.74 Å². The van der Waals surface area contributed by atoms with Gasteiger partial charge in [-0.05, 0) is 39.0 Å². The molecule has 4 heteroatoms. The highest BCUT2D eigenvalue weighted by atomic mass is 32.2. The second-order valence-electron chi connectivity index (χ2n) is 5.62. The standard InChI is InChI=1S/C14H20O2S2/c1-9(2)13(15)16-14-8-4-7-12(14)17-10-5-3-6-11(10)18-14/h10-12H,1,3-8H2,2H3. The molecular formula is C14H20O2S2. The molecule has 2 saturated carbocycles. The molecule has 4 unspecified atom stereocenters. The second-order valence-corrected chi connectivity index (χ2v) is 8.60. The van der Waals surface area contributed by atoms with Crippen molar-refractivity contribution in [2.75, 3.05) is 0 Å². The van der Waals surface area contributed by atoms with Crippen LogP contribution in [0.5, 0.6) is 0 Å². The summed E-state index contributed by atoms with van der Waals surface area (Å²) in [5.41, 5.74) is 0.522. The molecule has 18 heavy (non-hydrogen) atoms. The molecule has 1 heterocycles. The molecule has 1 aliphatic heterocycles. The second kappa shape index (κ2) is 4.78. The van der Waals surface area contributed by atoms with Gasteiger partial charge in [-0.25, -0.2) is 4.79 Å². The highest BCUT2D eigenvalue weighted by Gasteiger charge is 2.55. The lowest BCUT2D eigenvalue weighted by Gasteiger charge is -2.43. The number of hydrogen-bond acceptors (Lipinski definition) is 4. The Kier molecular flexibility index (Phi) is 3.43. The summed E-state index contributed by atoms with van der Waals surface area (Å²) in [6.45, 7) is 5.45. The molecule has 3 aliphatic rings. The van der Waals surface area contributed by atoms with E-state index in [0.29, 0.717) is 16.1 Å². The fourth-order valence-electron chi connectivity index (χ4n) is 3.26. The molecule has 0 spiro atoms. The Labute approximate surface area is 117 Å². The quantitative estimate of drug-likeness (QED) is 0.570. The Morgan fingerprint density at radius 2 is 2.06 bits per heavy atom. The van der Waals surface area contributed by atoms with Crippen LogP contribution >= 0.6 is 23.5 Å². The summed E-state index contributed by atoms with van der Waals surface area (Å²) in [5, 5.41) is 2.00. The molecule has 100 valence electrons. The molecule has 0 bridgehead atoms. The Hall–Kier alpha value is -0.0900.